The van der Waals surface area contributed by atoms with Gasteiger partial charge in [0.2, 0.25) is 0 Å². The molecule has 6 nitrogen and oxygen atoms in total. The summed E-state index contributed by atoms with van der Waals surface area (Å²) in [5, 5.41) is 10.9. The highest BCUT2D eigenvalue weighted by atomic mass is 16.5. The van der Waals surface area contributed by atoms with Gasteiger partial charge >= 0.3 is 0 Å². The number of ether oxygens (including phenoxy) is 2. The van der Waals surface area contributed by atoms with Crippen LogP contribution in [0.5, 0.6) is 5.75 Å². The first-order valence-electron chi connectivity index (χ1n) is 9.68. The lowest BCUT2D eigenvalue weighted by molar-refractivity contribution is 0.0383. The molecule has 2 heterocycles. The van der Waals surface area contributed by atoms with Crippen molar-refractivity contribution in [3.8, 4) is 5.75 Å². The Bertz CT molecular complexity index is 853. The molecule has 0 unspecified atom stereocenters. The lowest BCUT2D eigenvalue weighted by atomic mass is 10.1. The van der Waals surface area contributed by atoms with E-state index in [1.807, 2.05) is 28.9 Å². The van der Waals surface area contributed by atoms with E-state index < -0.39 is 0 Å². The normalized spacial score (nSPS) is 15.3. The number of nitrogens with zero attached hydrogens (tertiary/aromatic N) is 4. The molecule has 1 aliphatic rings. The van der Waals surface area contributed by atoms with Crippen LogP contribution in [-0.2, 0) is 17.7 Å². The average molecular weight is 366 g/mol. The van der Waals surface area contributed by atoms with Crippen molar-refractivity contribution in [2.24, 2.45) is 0 Å². The monoisotopic (exact) mass is 366 g/mol. The minimum atomic E-state index is 0.664. The highest BCUT2D eigenvalue weighted by Gasteiger charge is 2.11. The second-order valence-electron chi connectivity index (χ2n) is 6.86. The van der Waals surface area contributed by atoms with Gasteiger partial charge in [0.05, 0.1) is 25.5 Å². The summed E-state index contributed by atoms with van der Waals surface area (Å²) in [5.74, 6) is 0.942. The largest absolute Gasteiger partial charge is 0.493 e. The summed E-state index contributed by atoms with van der Waals surface area (Å²) in [7, 11) is 0. The van der Waals surface area contributed by atoms with Gasteiger partial charge in [0.25, 0.3) is 0 Å². The van der Waals surface area contributed by atoms with Gasteiger partial charge in [-0.15, -0.1) is 5.10 Å². The Hall–Kier alpha value is -2.44. The van der Waals surface area contributed by atoms with Crippen LogP contribution >= 0.6 is 0 Å². The van der Waals surface area contributed by atoms with Crippen molar-refractivity contribution >= 4 is 10.8 Å². The number of hydrogen-bond acceptors (Lipinski definition) is 5. The van der Waals surface area contributed by atoms with E-state index in [-0.39, 0.29) is 0 Å². The van der Waals surface area contributed by atoms with Crippen LogP contribution in [-0.4, -0.2) is 59.3 Å². The summed E-state index contributed by atoms with van der Waals surface area (Å²) in [6, 6.07) is 14.5. The van der Waals surface area contributed by atoms with Crippen molar-refractivity contribution in [2.45, 2.75) is 19.4 Å². The van der Waals surface area contributed by atoms with Gasteiger partial charge in [-0.1, -0.05) is 41.6 Å². The first-order valence-corrected chi connectivity index (χ1v) is 9.68. The molecule has 1 aliphatic heterocycles. The molecule has 27 heavy (non-hydrogen) atoms. The summed E-state index contributed by atoms with van der Waals surface area (Å²) in [6.45, 7) is 6.20. The van der Waals surface area contributed by atoms with Crippen molar-refractivity contribution in [1.29, 1.82) is 0 Å². The zero-order valence-corrected chi connectivity index (χ0v) is 15.6. The maximum Gasteiger partial charge on any atom is 0.127 e. The van der Waals surface area contributed by atoms with E-state index in [1.165, 1.54) is 5.39 Å². The number of aromatic nitrogens is 3. The van der Waals surface area contributed by atoms with Gasteiger partial charge in [-0.05, 0) is 11.5 Å². The Morgan fingerprint density at radius 2 is 1.85 bits per heavy atom. The van der Waals surface area contributed by atoms with Crippen LogP contribution < -0.4 is 4.74 Å². The molecule has 0 N–H and O–H groups in total. The fraction of sp³-hybridized carbons (Fsp3) is 0.429. The molecule has 0 amide bonds. The van der Waals surface area contributed by atoms with E-state index in [4.69, 9.17) is 9.47 Å². The summed E-state index contributed by atoms with van der Waals surface area (Å²) >= 11 is 0. The van der Waals surface area contributed by atoms with Crippen LogP contribution in [0.2, 0.25) is 0 Å². The molecule has 1 aromatic heterocycles. The molecule has 3 aromatic rings. The van der Waals surface area contributed by atoms with E-state index >= 15 is 0 Å². The number of rotatable bonds is 8. The zero-order chi connectivity index (χ0) is 18.3. The third-order valence-electron chi connectivity index (χ3n) is 4.91. The maximum atomic E-state index is 5.99. The summed E-state index contributed by atoms with van der Waals surface area (Å²) in [4.78, 5) is 2.42. The maximum absolute atomic E-state index is 5.99. The van der Waals surface area contributed by atoms with Gasteiger partial charge in [0.15, 0.2) is 0 Å². The van der Waals surface area contributed by atoms with E-state index in [1.54, 1.807) is 0 Å². The Morgan fingerprint density at radius 3 is 2.78 bits per heavy atom. The molecule has 0 bridgehead atoms. The van der Waals surface area contributed by atoms with Crippen LogP contribution in [0, 0.1) is 0 Å². The van der Waals surface area contributed by atoms with E-state index in [0.717, 1.165) is 69.1 Å². The average Bonchev–Trinajstić information content (AvgIpc) is 3.18. The first kappa shape index (κ1) is 17.9. The first-order chi connectivity index (χ1) is 13.4. The fourth-order valence-electron chi connectivity index (χ4n) is 3.39. The molecule has 6 heteroatoms. The highest BCUT2D eigenvalue weighted by molar-refractivity contribution is 5.88. The van der Waals surface area contributed by atoms with Crippen molar-refractivity contribution in [1.82, 2.24) is 19.9 Å². The highest BCUT2D eigenvalue weighted by Crippen LogP contribution is 2.25. The quantitative estimate of drug-likeness (QED) is 0.574. The molecule has 0 atom stereocenters. The molecule has 2 aromatic carbocycles. The summed E-state index contributed by atoms with van der Waals surface area (Å²) in [6.07, 6.45) is 3.89. The Kier molecular flexibility index (Phi) is 5.96. The van der Waals surface area contributed by atoms with Crippen molar-refractivity contribution in [2.75, 3.05) is 39.5 Å². The van der Waals surface area contributed by atoms with Gasteiger partial charge < -0.3 is 9.47 Å². The van der Waals surface area contributed by atoms with Crippen LogP contribution in [0.15, 0.2) is 48.7 Å². The zero-order valence-electron chi connectivity index (χ0n) is 15.6. The third-order valence-corrected chi connectivity index (χ3v) is 4.91. The smallest absolute Gasteiger partial charge is 0.127 e. The summed E-state index contributed by atoms with van der Waals surface area (Å²) < 4.78 is 13.3. The SMILES string of the molecule is c1ccc2c(OCCCn3cc(CCN4CCOCC4)nn3)cccc2c1. The van der Waals surface area contributed by atoms with Crippen LogP contribution in [0.4, 0.5) is 0 Å². The fourth-order valence-corrected chi connectivity index (χ4v) is 3.39. The van der Waals surface area contributed by atoms with Gasteiger partial charge in [0, 0.05) is 50.6 Å². The molecule has 0 spiro atoms. The predicted molar refractivity (Wildman–Crippen MR) is 105 cm³/mol. The summed E-state index contributed by atoms with van der Waals surface area (Å²) in [5.41, 5.74) is 1.05. The number of fused-ring (bicyclic) bond motifs is 1. The molecule has 1 saturated heterocycles. The number of morpholine rings is 1. The molecular weight excluding hydrogens is 340 g/mol. The van der Waals surface area contributed by atoms with Crippen molar-refractivity contribution in [3.63, 3.8) is 0 Å². The third kappa shape index (κ3) is 4.84. The Morgan fingerprint density at radius 1 is 1.00 bits per heavy atom. The molecule has 0 saturated carbocycles. The second kappa shape index (κ2) is 8.97. The van der Waals surface area contributed by atoms with Gasteiger partial charge in [0.1, 0.15) is 5.75 Å². The van der Waals surface area contributed by atoms with Gasteiger partial charge in [-0.2, -0.15) is 0 Å². The van der Waals surface area contributed by atoms with E-state index in [9.17, 15) is 0 Å². The number of aryl methyl sites for hydroxylation is 1. The molecule has 0 radical (unpaired) electrons. The topological polar surface area (TPSA) is 52.4 Å². The van der Waals surface area contributed by atoms with Crippen LogP contribution in [0.1, 0.15) is 12.1 Å². The Labute approximate surface area is 159 Å². The molecular formula is C21H26N4O2. The lowest BCUT2D eigenvalue weighted by Gasteiger charge is -2.25. The van der Waals surface area contributed by atoms with Crippen molar-refractivity contribution in [3.05, 3.63) is 54.4 Å². The lowest BCUT2D eigenvalue weighted by Crippen LogP contribution is -2.37. The molecule has 4 rings (SSSR count). The van der Waals surface area contributed by atoms with E-state index in [0.29, 0.717) is 6.61 Å². The van der Waals surface area contributed by atoms with Crippen LogP contribution in [0.3, 0.4) is 0 Å². The predicted octanol–water partition coefficient (Wildman–Crippen LogP) is 2.78. The molecule has 0 aliphatic carbocycles. The molecule has 1 fully saturated rings. The number of hydrogen-bond donors (Lipinski definition) is 0. The minimum Gasteiger partial charge on any atom is -0.493 e. The minimum absolute atomic E-state index is 0.664. The van der Waals surface area contributed by atoms with Crippen molar-refractivity contribution < 1.29 is 9.47 Å². The standard InChI is InChI=1S/C21H26N4O2/c1-2-7-20-18(5-1)6-3-8-21(20)27-14-4-10-25-17-19(22-23-25)9-11-24-12-15-26-16-13-24/h1-3,5-8,17H,4,9-16H2. The van der Waals surface area contributed by atoms with Crippen LogP contribution in [0.25, 0.3) is 10.8 Å². The van der Waals surface area contributed by atoms with Gasteiger partial charge in [-0.3, -0.25) is 9.58 Å². The molecule has 142 valence electrons. The van der Waals surface area contributed by atoms with Gasteiger partial charge in [-0.25, -0.2) is 0 Å². The second-order valence-corrected chi connectivity index (χ2v) is 6.86. The number of benzene rings is 2. The Balaban J connectivity index is 1.22. The van der Waals surface area contributed by atoms with E-state index in [2.05, 4.69) is 39.6 Å².